The molecule has 0 aromatic rings. The molecule has 0 aromatic carbocycles. The van der Waals surface area contributed by atoms with Crippen LogP contribution in [0.3, 0.4) is 0 Å². The van der Waals surface area contributed by atoms with Gasteiger partial charge in [-0.3, -0.25) is 9.59 Å². The Morgan fingerprint density at radius 1 is 1.33 bits per heavy atom. The van der Waals surface area contributed by atoms with Crippen LogP contribution in [-0.2, 0) is 32.0 Å². The maximum Gasteiger partial charge on any atom is 0.198 e. The van der Waals surface area contributed by atoms with Gasteiger partial charge in [-0.25, -0.2) is 0 Å². The predicted octanol–water partition coefficient (Wildman–Crippen LogP) is 0.942. The monoisotopic (exact) mass is 221 g/mol. The Morgan fingerprint density at radius 2 is 1.78 bits per heavy atom. The van der Waals surface area contributed by atoms with E-state index in [2.05, 4.69) is 0 Å². The molecule has 1 radical (unpaired) electrons. The SMILES string of the molecule is CCCC(=O)C(C)=O.[Ag]. The fraction of sp³-hybridized carbons (Fsp3) is 0.667. The Kier molecular flexibility index (Phi) is 8.15. The molecule has 0 aliphatic heterocycles. The maximum absolute atomic E-state index is 10.4. The van der Waals surface area contributed by atoms with Crippen LogP contribution in [0.15, 0.2) is 0 Å². The van der Waals surface area contributed by atoms with Crippen molar-refractivity contribution in [3.05, 3.63) is 0 Å². The summed E-state index contributed by atoms with van der Waals surface area (Å²) in [5.74, 6) is -0.584. The van der Waals surface area contributed by atoms with E-state index in [0.717, 1.165) is 6.42 Å². The molecule has 2 nitrogen and oxygen atoms in total. The van der Waals surface area contributed by atoms with Crippen molar-refractivity contribution in [2.24, 2.45) is 0 Å². The summed E-state index contributed by atoms with van der Waals surface area (Å²) in [6.45, 7) is 3.18. The van der Waals surface area contributed by atoms with Crippen molar-refractivity contribution in [1.29, 1.82) is 0 Å². The van der Waals surface area contributed by atoms with Gasteiger partial charge in [-0.05, 0) is 6.42 Å². The number of ketones is 2. The van der Waals surface area contributed by atoms with Crippen molar-refractivity contribution in [2.75, 3.05) is 0 Å². The first kappa shape index (κ1) is 11.8. The van der Waals surface area contributed by atoms with Gasteiger partial charge in [0.2, 0.25) is 0 Å². The summed E-state index contributed by atoms with van der Waals surface area (Å²) in [6, 6.07) is 0. The fourth-order valence-electron chi connectivity index (χ4n) is 0.403. The first-order chi connectivity index (χ1) is 3.68. The third-order valence-electron chi connectivity index (χ3n) is 0.870. The predicted molar refractivity (Wildman–Crippen MR) is 30.6 cm³/mol. The number of carbonyl (C=O) groups excluding carboxylic acids is 2. The van der Waals surface area contributed by atoms with Crippen molar-refractivity contribution in [3.63, 3.8) is 0 Å². The molecule has 0 aliphatic rings. The third kappa shape index (κ3) is 5.96. The maximum atomic E-state index is 10.4. The molecule has 0 heterocycles. The number of Topliss-reactive ketones (excluding diaryl/α,β-unsaturated/α-hetero) is 2. The summed E-state index contributed by atoms with van der Waals surface area (Å²) < 4.78 is 0. The number of hydrogen-bond donors (Lipinski definition) is 0. The van der Waals surface area contributed by atoms with Crippen LogP contribution in [0.1, 0.15) is 26.7 Å². The van der Waals surface area contributed by atoms with Crippen LogP contribution in [0.4, 0.5) is 0 Å². The van der Waals surface area contributed by atoms with Gasteiger partial charge >= 0.3 is 0 Å². The van der Waals surface area contributed by atoms with Gasteiger partial charge in [0.05, 0.1) is 0 Å². The average Bonchev–Trinajstić information content (AvgIpc) is 1.67. The van der Waals surface area contributed by atoms with Crippen molar-refractivity contribution in [2.45, 2.75) is 26.7 Å². The van der Waals surface area contributed by atoms with E-state index in [1.807, 2.05) is 6.92 Å². The number of carbonyl (C=O) groups is 2. The molecule has 0 bridgehead atoms. The smallest absolute Gasteiger partial charge is 0.198 e. The molecule has 0 saturated heterocycles. The van der Waals surface area contributed by atoms with Gasteiger partial charge in [0.25, 0.3) is 0 Å². The van der Waals surface area contributed by atoms with Gasteiger partial charge < -0.3 is 0 Å². The zero-order valence-corrected chi connectivity index (χ0v) is 7.01. The normalized spacial score (nSPS) is 7.78. The van der Waals surface area contributed by atoms with E-state index in [9.17, 15) is 9.59 Å². The second kappa shape index (κ2) is 6.20. The van der Waals surface area contributed by atoms with Gasteiger partial charge in [0.1, 0.15) is 0 Å². The zero-order valence-electron chi connectivity index (χ0n) is 5.53. The summed E-state index contributed by atoms with van der Waals surface area (Å²) >= 11 is 0. The molecule has 0 amide bonds. The van der Waals surface area contributed by atoms with Crippen molar-refractivity contribution < 1.29 is 32.0 Å². The van der Waals surface area contributed by atoms with Crippen molar-refractivity contribution >= 4 is 11.6 Å². The molecule has 57 valence electrons. The largest absolute Gasteiger partial charge is 0.291 e. The van der Waals surface area contributed by atoms with Crippen LogP contribution in [0.2, 0.25) is 0 Å². The quantitative estimate of drug-likeness (QED) is 0.526. The Balaban J connectivity index is 0. The molecule has 0 aliphatic carbocycles. The Hall–Kier alpha value is 0.0803. The number of hydrogen-bond acceptors (Lipinski definition) is 2. The van der Waals surface area contributed by atoms with Gasteiger partial charge in [-0.15, -0.1) is 0 Å². The summed E-state index contributed by atoms with van der Waals surface area (Å²) in [4.78, 5) is 20.6. The van der Waals surface area contributed by atoms with Crippen LogP contribution in [0.5, 0.6) is 0 Å². The van der Waals surface area contributed by atoms with Crippen molar-refractivity contribution in [3.8, 4) is 0 Å². The van der Waals surface area contributed by atoms with Gasteiger partial charge in [-0.1, -0.05) is 6.92 Å². The zero-order chi connectivity index (χ0) is 6.57. The molecule has 0 saturated carbocycles. The molecule has 0 fully saturated rings. The minimum Gasteiger partial charge on any atom is -0.291 e. The minimum absolute atomic E-state index is 0. The Labute approximate surface area is 70.5 Å². The molecule has 0 rings (SSSR count). The molecular formula is C6H10AgO2. The minimum atomic E-state index is -0.327. The average molecular weight is 222 g/mol. The van der Waals surface area contributed by atoms with Gasteiger partial charge in [0.15, 0.2) is 11.6 Å². The van der Waals surface area contributed by atoms with E-state index in [1.165, 1.54) is 6.92 Å². The van der Waals surface area contributed by atoms with Crippen LogP contribution in [0, 0.1) is 0 Å². The number of rotatable bonds is 3. The topological polar surface area (TPSA) is 34.1 Å². The van der Waals surface area contributed by atoms with Gasteiger partial charge in [-0.2, -0.15) is 0 Å². The molecule has 9 heavy (non-hydrogen) atoms. The van der Waals surface area contributed by atoms with Crippen LogP contribution in [0.25, 0.3) is 0 Å². The van der Waals surface area contributed by atoms with E-state index in [0.29, 0.717) is 6.42 Å². The van der Waals surface area contributed by atoms with Crippen LogP contribution >= 0.6 is 0 Å². The molecule has 0 N–H and O–H groups in total. The van der Waals surface area contributed by atoms with Crippen molar-refractivity contribution in [1.82, 2.24) is 0 Å². The standard InChI is InChI=1S/C6H10O2.Ag/c1-3-4-6(8)5(2)7;/h3-4H2,1-2H3;. The molecule has 0 atom stereocenters. The Morgan fingerprint density at radius 3 is 1.89 bits per heavy atom. The van der Waals surface area contributed by atoms with E-state index in [1.54, 1.807) is 0 Å². The Bertz CT molecular complexity index is 110. The second-order valence-corrected chi connectivity index (χ2v) is 1.73. The van der Waals surface area contributed by atoms with E-state index >= 15 is 0 Å². The van der Waals surface area contributed by atoms with E-state index in [4.69, 9.17) is 0 Å². The molecule has 3 heteroatoms. The van der Waals surface area contributed by atoms with E-state index in [-0.39, 0.29) is 33.9 Å². The van der Waals surface area contributed by atoms with Crippen LogP contribution < -0.4 is 0 Å². The summed E-state index contributed by atoms with van der Waals surface area (Å²) in [6.07, 6.45) is 1.16. The first-order valence-corrected chi connectivity index (χ1v) is 2.72. The first-order valence-electron chi connectivity index (χ1n) is 2.72. The van der Waals surface area contributed by atoms with Gasteiger partial charge in [0, 0.05) is 35.7 Å². The molecule has 0 unspecified atom stereocenters. The molecular weight excluding hydrogens is 212 g/mol. The summed E-state index contributed by atoms with van der Waals surface area (Å²) in [7, 11) is 0. The fourth-order valence-corrected chi connectivity index (χ4v) is 0.403. The van der Waals surface area contributed by atoms with E-state index < -0.39 is 0 Å². The summed E-state index contributed by atoms with van der Waals surface area (Å²) in [5.41, 5.74) is 0. The third-order valence-corrected chi connectivity index (χ3v) is 0.870. The molecule has 0 spiro atoms. The summed E-state index contributed by atoms with van der Waals surface area (Å²) in [5, 5.41) is 0. The molecule has 0 aromatic heterocycles. The second-order valence-electron chi connectivity index (χ2n) is 1.73. The van der Waals surface area contributed by atoms with Crippen LogP contribution in [-0.4, -0.2) is 11.6 Å².